The second kappa shape index (κ2) is 7.88. The van der Waals surface area contributed by atoms with E-state index in [1.54, 1.807) is 0 Å². The third-order valence-electron chi connectivity index (χ3n) is 6.01. The van der Waals surface area contributed by atoms with Crippen LogP contribution < -0.4 is 10.4 Å². The highest BCUT2D eigenvalue weighted by Crippen LogP contribution is 2.36. The van der Waals surface area contributed by atoms with Crippen LogP contribution in [-0.2, 0) is 9.16 Å². The fraction of sp³-hybridized carbons (Fsp3) is 0.478. The minimum Gasteiger partial charge on any atom is -0.402 e. The van der Waals surface area contributed by atoms with Crippen molar-refractivity contribution in [2.24, 2.45) is 0 Å². The summed E-state index contributed by atoms with van der Waals surface area (Å²) < 4.78 is 13.4. The molecular formula is C23H34NO2Si+. The number of rotatable bonds is 7. The van der Waals surface area contributed by atoms with E-state index in [1.807, 2.05) is 0 Å². The number of hydrogen-bond acceptors (Lipinski definition) is 2. The molecule has 146 valence electrons. The lowest BCUT2D eigenvalue weighted by atomic mass is 10.2. The minimum absolute atomic E-state index is 0.0342. The van der Waals surface area contributed by atoms with E-state index in [-0.39, 0.29) is 5.04 Å². The standard InChI is InChI=1S/C23H34NO2Si/c1-23(2,3)27(21-12-8-6-9-13-21,22-14-10-7-11-15-22)26-17-16-24(4,5)20-18-25-19-20/h6-15,20H,16-19H2,1-5H3/q+1. The van der Waals surface area contributed by atoms with E-state index in [9.17, 15) is 0 Å². The summed E-state index contributed by atoms with van der Waals surface area (Å²) >= 11 is 0. The van der Waals surface area contributed by atoms with Gasteiger partial charge in [-0.15, -0.1) is 0 Å². The van der Waals surface area contributed by atoms with E-state index in [0.717, 1.165) is 30.8 Å². The lowest BCUT2D eigenvalue weighted by Gasteiger charge is -2.45. The van der Waals surface area contributed by atoms with Gasteiger partial charge in [-0.1, -0.05) is 81.4 Å². The van der Waals surface area contributed by atoms with E-state index in [1.165, 1.54) is 10.4 Å². The average molecular weight is 385 g/mol. The summed E-state index contributed by atoms with van der Waals surface area (Å²) in [6.07, 6.45) is 0. The third kappa shape index (κ3) is 4.04. The summed E-state index contributed by atoms with van der Waals surface area (Å²) in [5.41, 5.74) is 0. The molecule has 2 aromatic rings. The van der Waals surface area contributed by atoms with Crippen molar-refractivity contribution in [3.05, 3.63) is 60.7 Å². The van der Waals surface area contributed by atoms with Crippen LogP contribution >= 0.6 is 0 Å². The van der Waals surface area contributed by atoms with E-state index in [0.29, 0.717) is 6.04 Å². The van der Waals surface area contributed by atoms with Crippen molar-refractivity contribution in [1.29, 1.82) is 0 Å². The number of nitrogens with zero attached hydrogens (tertiary/aromatic N) is 1. The molecule has 0 spiro atoms. The molecule has 3 nitrogen and oxygen atoms in total. The Balaban J connectivity index is 1.94. The van der Waals surface area contributed by atoms with Gasteiger partial charge in [0, 0.05) is 0 Å². The molecule has 1 heterocycles. The van der Waals surface area contributed by atoms with Crippen LogP contribution in [-0.4, -0.2) is 59.3 Å². The van der Waals surface area contributed by atoms with Gasteiger partial charge in [-0.05, 0) is 15.4 Å². The number of hydrogen-bond donors (Lipinski definition) is 0. The molecule has 1 aliphatic rings. The van der Waals surface area contributed by atoms with Gasteiger partial charge >= 0.3 is 0 Å². The van der Waals surface area contributed by atoms with Crippen molar-refractivity contribution >= 4 is 18.7 Å². The maximum absolute atomic E-state index is 7.00. The minimum atomic E-state index is -2.42. The van der Waals surface area contributed by atoms with E-state index in [2.05, 4.69) is 95.5 Å². The first kappa shape index (κ1) is 20.3. The van der Waals surface area contributed by atoms with Gasteiger partial charge in [0.05, 0.1) is 20.7 Å². The van der Waals surface area contributed by atoms with Crippen LogP contribution in [0.2, 0.25) is 5.04 Å². The van der Waals surface area contributed by atoms with Gasteiger partial charge in [0.1, 0.15) is 25.8 Å². The Labute approximate surface area is 165 Å². The van der Waals surface area contributed by atoms with Crippen LogP contribution in [0.15, 0.2) is 60.7 Å². The molecule has 27 heavy (non-hydrogen) atoms. The Bertz CT molecular complexity index is 682. The monoisotopic (exact) mass is 384 g/mol. The van der Waals surface area contributed by atoms with Crippen LogP contribution in [0.4, 0.5) is 0 Å². The second-order valence-electron chi connectivity index (χ2n) is 9.21. The Morgan fingerprint density at radius 1 is 0.926 bits per heavy atom. The summed E-state index contributed by atoms with van der Waals surface area (Å²) in [7, 11) is 2.17. The molecule has 0 aliphatic carbocycles. The van der Waals surface area contributed by atoms with Gasteiger partial charge in [-0.25, -0.2) is 0 Å². The van der Waals surface area contributed by atoms with Gasteiger partial charge in [-0.2, -0.15) is 0 Å². The number of quaternary nitrogens is 1. The van der Waals surface area contributed by atoms with Gasteiger partial charge < -0.3 is 13.6 Å². The molecule has 1 aliphatic heterocycles. The molecule has 4 heteroatoms. The zero-order chi connectivity index (χ0) is 19.5. The summed E-state index contributed by atoms with van der Waals surface area (Å²) in [6.45, 7) is 10.5. The van der Waals surface area contributed by atoms with Crippen molar-refractivity contribution in [3.63, 3.8) is 0 Å². The van der Waals surface area contributed by atoms with Crippen molar-refractivity contribution in [2.75, 3.05) is 40.5 Å². The highest BCUT2D eigenvalue weighted by Gasteiger charge is 2.50. The van der Waals surface area contributed by atoms with Crippen molar-refractivity contribution in [2.45, 2.75) is 31.9 Å². The Morgan fingerprint density at radius 3 is 1.78 bits per heavy atom. The Morgan fingerprint density at radius 2 is 1.41 bits per heavy atom. The summed E-state index contributed by atoms with van der Waals surface area (Å²) in [5, 5.41) is 2.73. The van der Waals surface area contributed by atoms with E-state index < -0.39 is 8.32 Å². The predicted molar refractivity (Wildman–Crippen MR) is 115 cm³/mol. The van der Waals surface area contributed by atoms with Crippen LogP contribution in [0.5, 0.6) is 0 Å². The molecule has 0 atom stereocenters. The maximum atomic E-state index is 7.00. The highest BCUT2D eigenvalue weighted by atomic mass is 28.4. The molecule has 0 unspecified atom stereocenters. The first-order chi connectivity index (χ1) is 12.8. The molecule has 3 rings (SSSR count). The second-order valence-corrected chi connectivity index (χ2v) is 13.5. The SMILES string of the molecule is CC(C)(C)[Si](OCC[N+](C)(C)C1COC1)(c1ccccc1)c1ccccc1. The Kier molecular flexibility index (Phi) is 5.92. The van der Waals surface area contributed by atoms with Crippen molar-refractivity contribution in [3.8, 4) is 0 Å². The van der Waals surface area contributed by atoms with Crippen molar-refractivity contribution in [1.82, 2.24) is 0 Å². The topological polar surface area (TPSA) is 18.5 Å². The molecule has 0 saturated carbocycles. The largest absolute Gasteiger partial charge is 0.402 e. The van der Waals surface area contributed by atoms with Crippen LogP contribution in [0.1, 0.15) is 20.8 Å². The maximum Gasteiger partial charge on any atom is 0.261 e. The zero-order valence-electron chi connectivity index (χ0n) is 17.4. The lowest BCUT2D eigenvalue weighted by Crippen LogP contribution is -2.67. The molecule has 0 N–H and O–H groups in total. The molecule has 2 aromatic carbocycles. The quantitative estimate of drug-likeness (QED) is 0.540. The third-order valence-corrected chi connectivity index (χ3v) is 11.1. The Hall–Kier alpha value is -1.46. The normalized spacial score (nSPS) is 16.2. The molecular weight excluding hydrogens is 350 g/mol. The molecule has 1 saturated heterocycles. The van der Waals surface area contributed by atoms with Crippen molar-refractivity contribution < 1.29 is 13.6 Å². The molecule has 1 fully saturated rings. The van der Waals surface area contributed by atoms with Gasteiger partial charge in [0.25, 0.3) is 8.32 Å². The molecule has 0 radical (unpaired) electrons. The van der Waals surface area contributed by atoms with Gasteiger partial charge in [0.2, 0.25) is 0 Å². The first-order valence-electron chi connectivity index (χ1n) is 9.93. The summed E-state index contributed by atoms with van der Waals surface area (Å²) in [4.78, 5) is 0. The van der Waals surface area contributed by atoms with Crippen LogP contribution in [0.25, 0.3) is 0 Å². The van der Waals surface area contributed by atoms with Crippen LogP contribution in [0.3, 0.4) is 0 Å². The smallest absolute Gasteiger partial charge is 0.261 e. The average Bonchev–Trinajstić information content (AvgIpc) is 2.57. The van der Waals surface area contributed by atoms with Crippen LogP contribution in [0, 0.1) is 0 Å². The molecule has 0 aromatic heterocycles. The summed E-state index contributed by atoms with van der Waals surface area (Å²) in [5.74, 6) is 0. The zero-order valence-corrected chi connectivity index (χ0v) is 18.4. The fourth-order valence-electron chi connectivity index (χ4n) is 4.00. The molecule has 0 amide bonds. The molecule has 0 bridgehead atoms. The predicted octanol–water partition coefficient (Wildman–Crippen LogP) is 3.04. The van der Waals surface area contributed by atoms with E-state index in [4.69, 9.17) is 9.16 Å². The van der Waals surface area contributed by atoms with E-state index >= 15 is 0 Å². The highest BCUT2D eigenvalue weighted by molar-refractivity contribution is 6.99. The number of likely N-dealkylation sites (N-methyl/N-ethyl adjacent to an activating group) is 1. The van der Waals surface area contributed by atoms with Gasteiger partial charge in [-0.3, -0.25) is 0 Å². The number of ether oxygens (including phenoxy) is 1. The lowest BCUT2D eigenvalue weighted by molar-refractivity contribution is -0.924. The summed E-state index contributed by atoms with van der Waals surface area (Å²) in [6, 6.07) is 22.3. The first-order valence-corrected chi connectivity index (χ1v) is 11.8. The number of benzene rings is 2. The van der Waals surface area contributed by atoms with Gasteiger partial charge in [0.15, 0.2) is 0 Å². The fourth-order valence-corrected chi connectivity index (χ4v) is 8.56.